The fourth-order valence-corrected chi connectivity index (χ4v) is 4.94. The number of alkyl halides is 3. The summed E-state index contributed by atoms with van der Waals surface area (Å²) in [4.78, 5) is 21.5. The van der Waals surface area contributed by atoms with Gasteiger partial charge in [0.2, 0.25) is 5.89 Å². The van der Waals surface area contributed by atoms with Crippen LogP contribution in [0.15, 0.2) is 28.8 Å². The summed E-state index contributed by atoms with van der Waals surface area (Å²) in [5.41, 5.74) is 0.0193. The van der Waals surface area contributed by atoms with Gasteiger partial charge < -0.3 is 19.1 Å². The minimum Gasteiger partial charge on any atom is -0.378 e. The highest BCUT2D eigenvalue weighted by Gasteiger charge is 2.37. The summed E-state index contributed by atoms with van der Waals surface area (Å²) >= 11 is 0. The third-order valence-corrected chi connectivity index (χ3v) is 6.99. The van der Waals surface area contributed by atoms with Crippen LogP contribution in [0.2, 0.25) is 0 Å². The topological polar surface area (TPSA) is 95.5 Å². The zero-order chi connectivity index (χ0) is 26.6. The predicted molar refractivity (Wildman–Crippen MR) is 128 cm³/mol. The molecule has 11 heteroatoms. The van der Waals surface area contributed by atoms with Crippen molar-refractivity contribution in [1.29, 1.82) is 5.26 Å². The molecule has 0 N–H and O–H groups in total. The third-order valence-electron chi connectivity index (χ3n) is 6.99. The monoisotopic (exact) mass is 519 g/mol. The maximum Gasteiger partial charge on any atom is 0.416 e. The van der Waals surface area contributed by atoms with Crippen molar-refractivity contribution in [2.45, 2.75) is 63.6 Å². The molecule has 0 spiro atoms. The number of benzene rings is 1. The van der Waals surface area contributed by atoms with Crippen molar-refractivity contribution in [2.75, 3.05) is 32.8 Å². The lowest BCUT2D eigenvalue weighted by Crippen LogP contribution is -2.51. The molecule has 8 nitrogen and oxygen atoms in total. The van der Waals surface area contributed by atoms with E-state index in [1.165, 1.54) is 12.1 Å². The van der Waals surface area contributed by atoms with E-state index >= 15 is 0 Å². The first-order valence-electron chi connectivity index (χ1n) is 12.7. The number of ether oxygens (including phenoxy) is 1. The Bertz CT molecular complexity index is 1090. The molecule has 4 rings (SSSR count). The van der Waals surface area contributed by atoms with Gasteiger partial charge in [-0.2, -0.15) is 23.4 Å². The van der Waals surface area contributed by atoms with E-state index < -0.39 is 11.7 Å². The second kappa shape index (κ2) is 11.5. The number of carbonyl (C=O) groups is 1. The van der Waals surface area contributed by atoms with Gasteiger partial charge in [-0.05, 0) is 50.8 Å². The van der Waals surface area contributed by atoms with Crippen molar-refractivity contribution >= 4 is 6.03 Å². The number of hydrogen-bond acceptors (Lipinski definition) is 6. The van der Waals surface area contributed by atoms with Gasteiger partial charge in [-0.25, -0.2) is 4.79 Å². The van der Waals surface area contributed by atoms with Crippen LogP contribution in [0.5, 0.6) is 0 Å². The highest BCUT2D eigenvalue weighted by Crippen LogP contribution is 2.37. The molecule has 200 valence electrons. The number of carbonyl (C=O) groups excluding carboxylic acids is 1. The Labute approximate surface area is 214 Å². The molecule has 2 saturated heterocycles. The lowest BCUT2D eigenvalue weighted by atomic mass is 9.84. The van der Waals surface area contributed by atoms with E-state index in [1.54, 1.807) is 9.80 Å². The van der Waals surface area contributed by atoms with Gasteiger partial charge in [0.15, 0.2) is 5.82 Å². The van der Waals surface area contributed by atoms with Crippen LogP contribution < -0.4 is 0 Å². The maximum absolute atomic E-state index is 13.4. The van der Waals surface area contributed by atoms with Gasteiger partial charge >= 0.3 is 12.2 Å². The lowest BCUT2D eigenvalue weighted by molar-refractivity contribution is -0.137. The van der Waals surface area contributed by atoms with Gasteiger partial charge in [-0.1, -0.05) is 17.3 Å². The summed E-state index contributed by atoms with van der Waals surface area (Å²) in [6, 6.07) is 7.27. The zero-order valence-corrected chi connectivity index (χ0v) is 21.1. The number of rotatable bonds is 6. The van der Waals surface area contributed by atoms with Crippen LogP contribution in [-0.2, 0) is 17.3 Å². The standard InChI is InChI=1S/C26H32F3N5O3/c1-17(2)36-12-9-23-31-24(37-32-23)21-13-20(19-3-5-22(6-4-19)26(27,28)29)15-34(16-21)25(35)33-10-7-18(14-30)8-11-33/h3-6,17-18,20-21H,7-13,15-16H2,1-2H3. The second-order valence-corrected chi connectivity index (χ2v) is 10.0. The minimum atomic E-state index is -4.41. The van der Waals surface area contributed by atoms with Crippen LogP contribution in [-0.4, -0.2) is 64.9 Å². The lowest BCUT2D eigenvalue weighted by Gasteiger charge is -2.40. The highest BCUT2D eigenvalue weighted by molar-refractivity contribution is 5.75. The number of nitriles is 1. The van der Waals surface area contributed by atoms with E-state index in [4.69, 9.17) is 9.26 Å². The van der Waals surface area contributed by atoms with Crippen molar-refractivity contribution in [2.24, 2.45) is 5.92 Å². The van der Waals surface area contributed by atoms with Gasteiger partial charge in [0, 0.05) is 44.4 Å². The highest BCUT2D eigenvalue weighted by atomic mass is 19.4. The van der Waals surface area contributed by atoms with Crippen molar-refractivity contribution in [3.8, 4) is 6.07 Å². The van der Waals surface area contributed by atoms with Gasteiger partial charge in [-0.3, -0.25) is 0 Å². The molecule has 37 heavy (non-hydrogen) atoms. The largest absolute Gasteiger partial charge is 0.416 e. The molecule has 0 saturated carbocycles. The molecule has 2 aliphatic heterocycles. The summed E-state index contributed by atoms with van der Waals surface area (Å²) in [5, 5.41) is 13.2. The Morgan fingerprint density at radius 1 is 1.16 bits per heavy atom. The zero-order valence-electron chi connectivity index (χ0n) is 21.1. The summed E-state index contributed by atoms with van der Waals surface area (Å²) in [6.45, 7) is 6.10. The van der Waals surface area contributed by atoms with Crippen molar-refractivity contribution in [3.05, 3.63) is 47.1 Å². The number of urea groups is 1. The molecule has 2 aliphatic rings. The summed E-state index contributed by atoms with van der Waals surface area (Å²) in [7, 11) is 0. The number of piperidine rings is 2. The Hall–Kier alpha value is -3.13. The van der Waals surface area contributed by atoms with Gasteiger partial charge in [-0.15, -0.1) is 0 Å². The number of amides is 2. The van der Waals surface area contributed by atoms with E-state index in [1.807, 2.05) is 13.8 Å². The van der Waals surface area contributed by atoms with Crippen LogP contribution in [0.4, 0.5) is 18.0 Å². The molecular formula is C26H32F3N5O3. The molecule has 2 fully saturated rings. The molecular weight excluding hydrogens is 487 g/mol. The van der Waals surface area contributed by atoms with E-state index in [0.717, 1.165) is 17.7 Å². The molecule has 3 heterocycles. The number of likely N-dealkylation sites (tertiary alicyclic amines) is 2. The molecule has 1 aromatic heterocycles. The molecule has 0 bridgehead atoms. The fourth-order valence-electron chi connectivity index (χ4n) is 4.94. The molecule has 2 amide bonds. The van der Waals surface area contributed by atoms with Crippen LogP contribution in [0.1, 0.15) is 67.8 Å². The first-order chi connectivity index (χ1) is 17.6. The van der Waals surface area contributed by atoms with E-state index in [0.29, 0.717) is 70.2 Å². The molecule has 0 radical (unpaired) electrons. The van der Waals surface area contributed by atoms with Crippen LogP contribution in [0.3, 0.4) is 0 Å². The molecule has 2 aromatic rings. The Morgan fingerprint density at radius 3 is 2.46 bits per heavy atom. The number of hydrogen-bond donors (Lipinski definition) is 0. The smallest absolute Gasteiger partial charge is 0.378 e. The Kier molecular flexibility index (Phi) is 8.37. The van der Waals surface area contributed by atoms with Crippen LogP contribution >= 0.6 is 0 Å². The molecule has 2 atom stereocenters. The minimum absolute atomic E-state index is 0.0467. The fraction of sp³-hybridized carbons (Fsp3) is 0.615. The van der Waals surface area contributed by atoms with Gasteiger partial charge in [0.25, 0.3) is 0 Å². The van der Waals surface area contributed by atoms with E-state index in [2.05, 4.69) is 16.2 Å². The SMILES string of the molecule is CC(C)OCCc1noc(C2CC(c3ccc(C(F)(F)F)cc3)CN(C(=O)N3CCC(C#N)CC3)C2)n1. The average molecular weight is 520 g/mol. The van der Waals surface area contributed by atoms with Crippen molar-refractivity contribution in [3.63, 3.8) is 0 Å². The van der Waals surface area contributed by atoms with Crippen LogP contribution in [0, 0.1) is 17.2 Å². The van der Waals surface area contributed by atoms with Gasteiger partial charge in [0.05, 0.1) is 30.3 Å². The maximum atomic E-state index is 13.4. The molecule has 0 aliphatic carbocycles. The first-order valence-corrected chi connectivity index (χ1v) is 12.7. The number of halogens is 3. The van der Waals surface area contributed by atoms with E-state index in [9.17, 15) is 23.2 Å². The summed E-state index contributed by atoms with van der Waals surface area (Å²) < 4.78 is 50.4. The second-order valence-electron chi connectivity index (χ2n) is 10.0. The normalized spacial score (nSPS) is 21.3. The Morgan fingerprint density at radius 2 is 1.84 bits per heavy atom. The Balaban J connectivity index is 1.52. The number of aromatic nitrogens is 2. The van der Waals surface area contributed by atoms with Crippen LogP contribution in [0.25, 0.3) is 0 Å². The third kappa shape index (κ3) is 6.80. The predicted octanol–water partition coefficient (Wildman–Crippen LogP) is 4.98. The van der Waals surface area contributed by atoms with Gasteiger partial charge in [0.1, 0.15) is 0 Å². The summed E-state index contributed by atoms with van der Waals surface area (Å²) in [5.74, 6) is 0.436. The first kappa shape index (κ1) is 26.9. The van der Waals surface area contributed by atoms with Crippen molar-refractivity contribution in [1.82, 2.24) is 19.9 Å². The van der Waals surface area contributed by atoms with E-state index in [-0.39, 0.29) is 29.9 Å². The molecule has 2 unspecified atom stereocenters. The van der Waals surface area contributed by atoms with Crippen molar-refractivity contribution < 1.29 is 27.2 Å². The summed E-state index contributed by atoms with van der Waals surface area (Å²) in [6.07, 6.45) is -2.00. The average Bonchev–Trinajstić information content (AvgIpc) is 3.36. The number of nitrogens with zero attached hydrogens (tertiary/aromatic N) is 5. The molecule has 1 aromatic carbocycles. The quantitative estimate of drug-likeness (QED) is 0.534.